The number of nitrogens with zero attached hydrogens (tertiary/aromatic N) is 3. The number of amides is 1. The summed E-state index contributed by atoms with van der Waals surface area (Å²) in [6.07, 6.45) is 2.56. The van der Waals surface area contributed by atoms with Crippen LogP contribution in [-0.4, -0.2) is 60.3 Å². The van der Waals surface area contributed by atoms with Crippen molar-refractivity contribution in [2.45, 2.75) is 13.0 Å². The quantitative estimate of drug-likeness (QED) is 0.851. The molecule has 2 aromatic rings. The van der Waals surface area contributed by atoms with Gasteiger partial charge in [-0.25, -0.2) is 0 Å². The van der Waals surface area contributed by atoms with Crippen molar-refractivity contribution in [1.29, 1.82) is 0 Å². The van der Waals surface area contributed by atoms with Crippen molar-refractivity contribution in [3.63, 3.8) is 0 Å². The van der Waals surface area contributed by atoms with Crippen LogP contribution in [-0.2, 0) is 11.3 Å². The Labute approximate surface area is 145 Å². The molecule has 2 aromatic heterocycles. The molecule has 4 heterocycles. The minimum absolute atomic E-state index is 0.0173. The first kappa shape index (κ1) is 15.8. The lowest BCUT2D eigenvalue weighted by molar-refractivity contribution is 0.0619. The molecule has 0 radical (unpaired) electrons. The van der Waals surface area contributed by atoms with Gasteiger partial charge < -0.3 is 14.2 Å². The first-order chi connectivity index (χ1) is 11.7. The lowest BCUT2D eigenvalue weighted by Crippen LogP contribution is -2.43. The zero-order valence-electron chi connectivity index (χ0n) is 13.5. The number of likely N-dealkylation sites (tertiary alicyclic amines) is 1. The molecule has 2 saturated heterocycles. The van der Waals surface area contributed by atoms with Gasteiger partial charge in [0.1, 0.15) is 0 Å². The van der Waals surface area contributed by atoms with Crippen LogP contribution in [0.5, 0.6) is 0 Å². The van der Waals surface area contributed by atoms with Crippen LogP contribution in [0.25, 0.3) is 0 Å². The summed E-state index contributed by atoms with van der Waals surface area (Å²) in [7, 11) is 0. The molecule has 0 aliphatic carbocycles. The summed E-state index contributed by atoms with van der Waals surface area (Å²) in [6, 6.07) is 5.90. The van der Waals surface area contributed by atoms with Gasteiger partial charge in [-0.15, -0.1) is 11.3 Å². The van der Waals surface area contributed by atoms with Gasteiger partial charge in [-0.05, 0) is 24.4 Å². The molecule has 1 amide bonds. The second kappa shape index (κ2) is 6.66. The minimum Gasteiger partial charge on any atom is -0.379 e. The van der Waals surface area contributed by atoms with Crippen LogP contribution in [0.4, 0.5) is 0 Å². The maximum atomic E-state index is 12.6. The van der Waals surface area contributed by atoms with E-state index in [2.05, 4.69) is 27.6 Å². The average molecular weight is 347 g/mol. The Kier molecular flexibility index (Phi) is 4.39. The maximum absolute atomic E-state index is 12.6. The molecule has 2 fully saturated rings. The highest BCUT2D eigenvalue weighted by Crippen LogP contribution is 2.35. The SMILES string of the molecule is O=C(c1ccno1)N1CCOCC2(CCN(Cc3cccs3)C2)C1. The fourth-order valence-corrected chi connectivity index (χ4v) is 4.43. The largest absolute Gasteiger partial charge is 0.379 e. The van der Waals surface area contributed by atoms with Crippen LogP contribution in [0.2, 0.25) is 0 Å². The van der Waals surface area contributed by atoms with E-state index in [-0.39, 0.29) is 11.3 Å². The maximum Gasteiger partial charge on any atom is 0.292 e. The predicted molar refractivity (Wildman–Crippen MR) is 89.9 cm³/mol. The number of ether oxygens (including phenoxy) is 1. The molecule has 0 saturated carbocycles. The fraction of sp³-hybridized carbons (Fsp3) is 0.529. The first-order valence-electron chi connectivity index (χ1n) is 8.27. The van der Waals surface area contributed by atoms with E-state index in [4.69, 9.17) is 9.26 Å². The third kappa shape index (κ3) is 3.24. The summed E-state index contributed by atoms with van der Waals surface area (Å²) in [5.41, 5.74) is 0.0173. The van der Waals surface area contributed by atoms with Gasteiger partial charge in [0, 0.05) is 42.5 Å². The van der Waals surface area contributed by atoms with Crippen molar-refractivity contribution in [1.82, 2.24) is 15.0 Å². The first-order valence-corrected chi connectivity index (χ1v) is 9.15. The van der Waals surface area contributed by atoms with E-state index in [0.717, 1.165) is 26.1 Å². The number of hydrogen-bond acceptors (Lipinski definition) is 6. The summed E-state index contributed by atoms with van der Waals surface area (Å²) in [5.74, 6) is 0.217. The number of hydrogen-bond donors (Lipinski definition) is 0. The smallest absolute Gasteiger partial charge is 0.292 e. The lowest BCUT2D eigenvalue weighted by Gasteiger charge is -2.31. The van der Waals surface area contributed by atoms with Crippen LogP contribution in [0, 0.1) is 5.41 Å². The van der Waals surface area contributed by atoms with Gasteiger partial charge in [0.2, 0.25) is 5.76 Å². The Bertz CT molecular complexity index is 673. The standard InChI is InChI=1S/C17H21N3O3S/c21-16(15-3-5-18-23-15)20-7-8-22-13-17(12-20)4-6-19(11-17)10-14-2-1-9-24-14/h1-3,5,9H,4,6-8,10-13H2. The van der Waals surface area contributed by atoms with Gasteiger partial charge in [0.25, 0.3) is 5.91 Å². The van der Waals surface area contributed by atoms with Gasteiger partial charge in [0.15, 0.2) is 0 Å². The number of rotatable bonds is 3. The molecule has 128 valence electrons. The molecular formula is C17H21N3O3S. The number of carbonyl (C=O) groups is 1. The summed E-state index contributed by atoms with van der Waals surface area (Å²) >= 11 is 1.80. The molecule has 2 aliphatic heterocycles. The second-order valence-electron chi connectivity index (χ2n) is 6.70. The van der Waals surface area contributed by atoms with Crippen molar-refractivity contribution in [2.75, 3.05) is 39.4 Å². The molecule has 0 N–H and O–H groups in total. The Morgan fingerprint density at radius 2 is 2.29 bits per heavy atom. The van der Waals surface area contributed by atoms with Crippen LogP contribution >= 0.6 is 11.3 Å². The van der Waals surface area contributed by atoms with Crippen LogP contribution in [0.1, 0.15) is 21.9 Å². The lowest BCUT2D eigenvalue weighted by atomic mass is 9.87. The Balaban J connectivity index is 1.45. The van der Waals surface area contributed by atoms with E-state index in [0.29, 0.717) is 32.1 Å². The van der Waals surface area contributed by atoms with Crippen LogP contribution in [0.15, 0.2) is 34.3 Å². The Morgan fingerprint density at radius 1 is 1.33 bits per heavy atom. The molecule has 2 aliphatic rings. The summed E-state index contributed by atoms with van der Waals surface area (Å²) in [4.78, 5) is 18.3. The third-order valence-electron chi connectivity index (χ3n) is 4.85. The van der Waals surface area contributed by atoms with Gasteiger partial charge in [-0.1, -0.05) is 11.2 Å². The van der Waals surface area contributed by atoms with Gasteiger partial charge in [0.05, 0.1) is 19.4 Å². The van der Waals surface area contributed by atoms with Gasteiger partial charge >= 0.3 is 0 Å². The fourth-order valence-electron chi connectivity index (χ4n) is 3.68. The van der Waals surface area contributed by atoms with Crippen molar-refractivity contribution >= 4 is 17.2 Å². The van der Waals surface area contributed by atoms with E-state index in [1.54, 1.807) is 17.4 Å². The summed E-state index contributed by atoms with van der Waals surface area (Å²) in [6.45, 7) is 5.60. The van der Waals surface area contributed by atoms with Crippen molar-refractivity contribution in [2.24, 2.45) is 5.41 Å². The molecular weight excluding hydrogens is 326 g/mol. The highest BCUT2D eigenvalue weighted by atomic mass is 32.1. The molecule has 1 unspecified atom stereocenters. The summed E-state index contributed by atoms with van der Waals surface area (Å²) < 4.78 is 10.9. The van der Waals surface area contributed by atoms with E-state index in [9.17, 15) is 4.79 Å². The molecule has 6 nitrogen and oxygen atoms in total. The highest BCUT2D eigenvalue weighted by molar-refractivity contribution is 7.09. The van der Waals surface area contributed by atoms with Crippen molar-refractivity contribution in [3.05, 3.63) is 40.4 Å². The molecule has 0 bridgehead atoms. The van der Waals surface area contributed by atoms with Gasteiger partial charge in [-0.2, -0.15) is 0 Å². The molecule has 4 rings (SSSR count). The molecule has 1 atom stereocenters. The predicted octanol–water partition coefficient (Wildman–Crippen LogP) is 2.10. The summed E-state index contributed by atoms with van der Waals surface area (Å²) in [5, 5.41) is 5.76. The van der Waals surface area contributed by atoms with E-state index in [1.165, 1.54) is 11.1 Å². The zero-order valence-corrected chi connectivity index (χ0v) is 14.3. The minimum atomic E-state index is -0.0888. The number of aromatic nitrogens is 1. The topological polar surface area (TPSA) is 58.8 Å². The second-order valence-corrected chi connectivity index (χ2v) is 7.73. The van der Waals surface area contributed by atoms with Crippen molar-refractivity contribution in [3.8, 4) is 0 Å². The van der Waals surface area contributed by atoms with E-state index < -0.39 is 0 Å². The molecule has 0 aromatic carbocycles. The average Bonchev–Trinajstić information content (AvgIpc) is 3.30. The van der Waals surface area contributed by atoms with E-state index in [1.807, 2.05) is 4.90 Å². The molecule has 24 heavy (non-hydrogen) atoms. The number of thiophene rings is 1. The highest BCUT2D eigenvalue weighted by Gasteiger charge is 2.42. The number of carbonyl (C=O) groups excluding carboxylic acids is 1. The third-order valence-corrected chi connectivity index (χ3v) is 5.71. The van der Waals surface area contributed by atoms with E-state index >= 15 is 0 Å². The van der Waals surface area contributed by atoms with Crippen LogP contribution < -0.4 is 0 Å². The normalized spacial score (nSPS) is 25.2. The Hall–Kier alpha value is -1.70. The van der Waals surface area contributed by atoms with Crippen molar-refractivity contribution < 1.29 is 14.1 Å². The molecule has 7 heteroatoms. The monoisotopic (exact) mass is 347 g/mol. The Morgan fingerprint density at radius 3 is 3.08 bits per heavy atom. The van der Waals surface area contributed by atoms with Crippen LogP contribution in [0.3, 0.4) is 0 Å². The zero-order chi connectivity index (χ0) is 16.4. The molecule has 1 spiro atoms. The van der Waals surface area contributed by atoms with Gasteiger partial charge in [-0.3, -0.25) is 9.69 Å².